The molecule has 1 N–H and O–H groups in total. The highest BCUT2D eigenvalue weighted by Gasteiger charge is 2.06. The smallest absolute Gasteiger partial charge is 0.175 e. The monoisotopic (exact) mass is 338 g/mol. The number of aromatic nitrogens is 2. The Labute approximate surface area is 136 Å². The number of hydrogen-bond donors (Lipinski definition) is 1. The van der Waals surface area contributed by atoms with Gasteiger partial charge < -0.3 is 9.84 Å². The number of benzene rings is 1. The first-order valence-corrected chi connectivity index (χ1v) is 9.06. The molecule has 0 aliphatic heterocycles. The molecule has 2 rings (SSSR count). The maximum atomic E-state index is 8.80. The van der Waals surface area contributed by atoms with E-state index in [0.29, 0.717) is 5.75 Å². The fourth-order valence-electron chi connectivity index (χ4n) is 1.56. The van der Waals surface area contributed by atoms with E-state index in [9.17, 15) is 0 Å². The minimum Gasteiger partial charge on any atom is -0.495 e. The Bertz CT molecular complexity index is 662. The summed E-state index contributed by atoms with van der Waals surface area (Å²) in [6, 6.07) is 5.88. The predicted molar refractivity (Wildman–Crippen MR) is 88.2 cm³/mol. The van der Waals surface area contributed by atoms with Crippen molar-refractivity contribution in [1.29, 1.82) is 0 Å². The molecule has 1 aromatic carbocycles. The lowest BCUT2D eigenvalue weighted by atomic mass is 10.1. The van der Waals surface area contributed by atoms with Crippen LogP contribution in [0.3, 0.4) is 0 Å². The van der Waals surface area contributed by atoms with E-state index >= 15 is 0 Å². The maximum Gasteiger partial charge on any atom is 0.175 e. The van der Waals surface area contributed by atoms with Gasteiger partial charge in [0.15, 0.2) is 8.68 Å². The Kier molecular flexibility index (Phi) is 6.39. The normalized spacial score (nSPS) is 10.0. The molecular formula is C14H14N2O2S3. The average Bonchev–Trinajstić information content (AvgIpc) is 2.99. The highest BCUT2D eigenvalue weighted by Crippen LogP contribution is 2.30. The largest absolute Gasteiger partial charge is 0.495 e. The van der Waals surface area contributed by atoms with Crippen molar-refractivity contribution in [2.75, 3.05) is 20.0 Å². The van der Waals surface area contributed by atoms with Crippen molar-refractivity contribution < 1.29 is 9.84 Å². The van der Waals surface area contributed by atoms with E-state index in [0.717, 1.165) is 25.6 Å². The molecule has 21 heavy (non-hydrogen) atoms. The number of ether oxygens (including phenoxy) is 1. The van der Waals surface area contributed by atoms with Gasteiger partial charge >= 0.3 is 0 Å². The molecular weight excluding hydrogens is 324 g/mol. The first kappa shape index (κ1) is 16.2. The molecule has 7 heteroatoms. The summed E-state index contributed by atoms with van der Waals surface area (Å²) >= 11 is 4.85. The fourth-order valence-corrected chi connectivity index (χ4v) is 3.94. The second kappa shape index (κ2) is 8.29. The second-order valence-electron chi connectivity index (χ2n) is 3.82. The van der Waals surface area contributed by atoms with E-state index in [-0.39, 0.29) is 6.61 Å². The third-order valence-corrected chi connectivity index (χ3v) is 5.59. The van der Waals surface area contributed by atoms with Crippen LogP contribution in [0.25, 0.3) is 0 Å². The first-order chi connectivity index (χ1) is 10.3. The predicted octanol–water partition coefficient (Wildman–Crippen LogP) is 2.90. The zero-order valence-corrected chi connectivity index (χ0v) is 14.1. The molecule has 0 saturated heterocycles. The number of nitrogens with zero attached hydrogens (tertiary/aromatic N) is 2. The molecule has 110 valence electrons. The minimum atomic E-state index is -0.162. The molecule has 0 amide bonds. The van der Waals surface area contributed by atoms with Crippen LogP contribution in [0, 0.1) is 11.8 Å². The topological polar surface area (TPSA) is 55.2 Å². The number of thioether (sulfide) groups is 2. The van der Waals surface area contributed by atoms with Gasteiger partial charge in [0.05, 0.1) is 12.7 Å². The van der Waals surface area contributed by atoms with Gasteiger partial charge in [-0.3, -0.25) is 0 Å². The maximum absolute atomic E-state index is 8.80. The molecule has 0 unspecified atom stereocenters. The van der Waals surface area contributed by atoms with Gasteiger partial charge in [0.2, 0.25) is 0 Å². The molecule has 1 heterocycles. The van der Waals surface area contributed by atoms with Gasteiger partial charge in [-0.15, -0.1) is 10.2 Å². The van der Waals surface area contributed by atoms with Crippen LogP contribution in [-0.4, -0.2) is 35.3 Å². The number of methoxy groups -OCH3 is 1. The molecule has 1 aromatic heterocycles. The quantitative estimate of drug-likeness (QED) is 0.668. The van der Waals surface area contributed by atoms with E-state index in [4.69, 9.17) is 9.84 Å². The fraction of sp³-hybridized carbons (Fsp3) is 0.286. The third-order valence-electron chi connectivity index (χ3n) is 2.49. The Morgan fingerprint density at radius 2 is 2.14 bits per heavy atom. The molecule has 0 spiro atoms. The summed E-state index contributed by atoms with van der Waals surface area (Å²) in [4.78, 5) is 0. The molecule has 0 bridgehead atoms. The van der Waals surface area contributed by atoms with Gasteiger partial charge in [0.25, 0.3) is 0 Å². The Morgan fingerprint density at radius 1 is 1.33 bits per heavy atom. The van der Waals surface area contributed by atoms with Gasteiger partial charge in [0.1, 0.15) is 12.4 Å². The van der Waals surface area contributed by atoms with E-state index in [1.54, 1.807) is 42.0 Å². The molecule has 0 radical (unpaired) electrons. The lowest BCUT2D eigenvalue weighted by Crippen LogP contribution is -1.90. The number of rotatable bonds is 5. The molecule has 0 atom stereocenters. The van der Waals surface area contributed by atoms with Crippen LogP contribution in [0.2, 0.25) is 0 Å². The number of aliphatic hydroxyl groups excluding tert-OH is 1. The Morgan fingerprint density at radius 3 is 2.81 bits per heavy atom. The number of hydrogen-bond acceptors (Lipinski definition) is 7. The van der Waals surface area contributed by atoms with Gasteiger partial charge in [0, 0.05) is 5.75 Å². The van der Waals surface area contributed by atoms with E-state index in [2.05, 4.69) is 22.0 Å². The summed E-state index contributed by atoms with van der Waals surface area (Å²) in [6.45, 7) is -0.162. The van der Waals surface area contributed by atoms with Crippen molar-refractivity contribution >= 4 is 34.9 Å². The second-order valence-corrected chi connectivity index (χ2v) is 7.07. The summed E-state index contributed by atoms with van der Waals surface area (Å²) in [5.74, 6) is 7.06. The zero-order chi connectivity index (χ0) is 15.1. The van der Waals surface area contributed by atoms with E-state index < -0.39 is 0 Å². The van der Waals surface area contributed by atoms with Crippen LogP contribution in [-0.2, 0) is 5.75 Å². The summed E-state index contributed by atoms with van der Waals surface area (Å²) < 4.78 is 7.19. The molecule has 2 aromatic rings. The summed E-state index contributed by atoms with van der Waals surface area (Å²) in [5.41, 5.74) is 1.91. The SMILES string of the molecule is COc1ccc(CSc2nnc(SC)s2)cc1C#CCO. The highest BCUT2D eigenvalue weighted by molar-refractivity contribution is 8.02. The lowest BCUT2D eigenvalue weighted by molar-refractivity contribution is 0.350. The van der Waals surface area contributed by atoms with Gasteiger partial charge in [-0.25, -0.2) is 0 Å². The molecule has 0 aliphatic rings. The van der Waals surface area contributed by atoms with Crippen molar-refractivity contribution in [1.82, 2.24) is 10.2 Å². The van der Waals surface area contributed by atoms with Crippen molar-refractivity contribution in [3.8, 4) is 17.6 Å². The lowest BCUT2D eigenvalue weighted by Gasteiger charge is -2.05. The summed E-state index contributed by atoms with van der Waals surface area (Å²) in [5, 5.41) is 17.0. The third kappa shape index (κ3) is 4.64. The minimum absolute atomic E-state index is 0.162. The van der Waals surface area contributed by atoms with Crippen LogP contribution < -0.4 is 4.74 Å². The summed E-state index contributed by atoms with van der Waals surface area (Å²) in [7, 11) is 1.61. The van der Waals surface area contributed by atoms with Crippen LogP contribution in [0.4, 0.5) is 0 Å². The first-order valence-electron chi connectivity index (χ1n) is 6.03. The van der Waals surface area contributed by atoms with Crippen LogP contribution in [0.15, 0.2) is 26.9 Å². The standard InChI is InChI=1S/C14H14N2O2S3/c1-18-12-6-5-10(8-11(12)4-3-7-17)9-20-14-16-15-13(19-2)21-14/h5-6,8,17H,7,9H2,1-2H3. The van der Waals surface area contributed by atoms with Crippen LogP contribution >= 0.6 is 34.9 Å². The molecule has 0 saturated carbocycles. The highest BCUT2D eigenvalue weighted by atomic mass is 32.2. The zero-order valence-electron chi connectivity index (χ0n) is 11.6. The van der Waals surface area contributed by atoms with Crippen molar-refractivity contribution in [2.24, 2.45) is 0 Å². The van der Waals surface area contributed by atoms with Crippen molar-refractivity contribution in [3.05, 3.63) is 29.3 Å². The van der Waals surface area contributed by atoms with Gasteiger partial charge in [-0.05, 0) is 24.0 Å². The van der Waals surface area contributed by atoms with E-state index in [1.807, 2.05) is 24.5 Å². The van der Waals surface area contributed by atoms with Crippen molar-refractivity contribution in [3.63, 3.8) is 0 Å². The van der Waals surface area contributed by atoms with E-state index in [1.165, 1.54) is 0 Å². The van der Waals surface area contributed by atoms with Gasteiger partial charge in [-0.2, -0.15) is 0 Å². The van der Waals surface area contributed by atoms with Gasteiger partial charge in [-0.1, -0.05) is 52.8 Å². The van der Waals surface area contributed by atoms with Crippen LogP contribution in [0.5, 0.6) is 5.75 Å². The Hall–Kier alpha value is -1.20. The molecule has 0 fully saturated rings. The molecule has 4 nitrogen and oxygen atoms in total. The number of aliphatic hydroxyl groups is 1. The van der Waals surface area contributed by atoms with Crippen molar-refractivity contribution in [2.45, 2.75) is 14.4 Å². The Balaban J connectivity index is 2.09. The average molecular weight is 338 g/mol. The summed E-state index contributed by atoms with van der Waals surface area (Å²) in [6.07, 6.45) is 1.99. The molecule has 0 aliphatic carbocycles. The van der Waals surface area contributed by atoms with Crippen LogP contribution in [0.1, 0.15) is 11.1 Å².